The van der Waals surface area contributed by atoms with E-state index in [-0.39, 0.29) is 19.0 Å². The van der Waals surface area contributed by atoms with Gasteiger partial charge in [0, 0.05) is 54.2 Å². The van der Waals surface area contributed by atoms with Gasteiger partial charge in [-0.2, -0.15) is 0 Å². The molecule has 182 valence electrons. The molecule has 2 amide bonds. The van der Waals surface area contributed by atoms with Crippen LogP contribution in [0.2, 0.25) is 0 Å². The van der Waals surface area contributed by atoms with Crippen LogP contribution in [0.3, 0.4) is 0 Å². The lowest BCUT2D eigenvalue weighted by Gasteiger charge is -2.28. The summed E-state index contributed by atoms with van der Waals surface area (Å²) in [5.41, 5.74) is 7.34. The number of aliphatic imine (C=N–C) groups is 1. The molecule has 34 heavy (non-hydrogen) atoms. The Kier molecular flexibility index (Phi) is 9.80. The SMILES string of the molecule is CN(CCN(CCN=Cc1c(N)cccc1Br)C(=O)OC(C)(C)C)C(=O)c1ccccc1C=O. The third-order valence-corrected chi connectivity index (χ3v) is 5.52. The van der Waals surface area contributed by atoms with E-state index in [1.807, 2.05) is 12.1 Å². The van der Waals surface area contributed by atoms with Gasteiger partial charge in [0.1, 0.15) is 5.60 Å². The molecule has 2 N–H and O–H groups in total. The average molecular weight is 531 g/mol. The molecule has 2 rings (SSSR count). The van der Waals surface area contributed by atoms with Gasteiger partial charge in [-0.15, -0.1) is 0 Å². The summed E-state index contributed by atoms with van der Waals surface area (Å²) in [6, 6.07) is 12.1. The number of nitrogens with two attached hydrogens (primary N) is 1. The summed E-state index contributed by atoms with van der Waals surface area (Å²) >= 11 is 3.45. The lowest BCUT2D eigenvalue weighted by molar-refractivity contribution is 0.0239. The van der Waals surface area contributed by atoms with Crippen LogP contribution in [0.5, 0.6) is 0 Å². The van der Waals surface area contributed by atoms with Gasteiger partial charge in [-0.3, -0.25) is 14.6 Å². The van der Waals surface area contributed by atoms with Crippen molar-refractivity contribution in [2.45, 2.75) is 26.4 Å². The van der Waals surface area contributed by atoms with E-state index in [4.69, 9.17) is 10.5 Å². The van der Waals surface area contributed by atoms with Crippen molar-refractivity contribution in [1.82, 2.24) is 9.80 Å². The average Bonchev–Trinajstić information content (AvgIpc) is 2.78. The molecule has 0 aliphatic heterocycles. The molecule has 0 fully saturated rings. The number of ether oxygens (including phenoxy) is 1. The quantitative estimate of drug-likeness (QED) is 0.296. The molecule has 0 heterocycles. The molecular weight excluding hydrogens is 500 g/mol. The Morgan fingerprint density at radius 1 is 1.09 bits per heavy atom. The van der Waals surface area contributed by atoms with E-state index in [0.717, 1.165) is 10.0 Å². The van der Waals surface area contributed by atoms with Crippen molar-refractivity contribution in [1.29, 1.82) is 0 Å². The number of hydrogen-bond acceptors (Lipinski definition) is 6. The van der Waals surface area contributed by atoms with Crippen molar-refractivity contribution in [3.63, 3.8) is 0 Å². The number of carbonyl (C=O) groups excluding carboxylic acids is 3. The molecule has 0 bridgehead atoms. The summed E-state index contributed by atoms with van der Waals surface area (Å²) in [5.74, 6) is -0.297. The Labute approximate surface area is 208 Å². The first-order valence-electron chi connectivity index (χ1n) is 10.8. The summed E-state index contributed by atoms with van der Waals surface area (Å²) in [7, 11) is 1.63. The van der Waals surface area contributed by atoms with Crippen LogP contribution in [0.1, 0.15) is 47.1 Å². The van der Waals surface area contributed by atoms with E-state index in [0.29, 0.717) is 36.2 Å². The highest BCUT2D eigenvalue weighted by Crippen LogP contribution is 2.20. The van der Waals surface area contributed by atoms with Crippen molar-refractivity contribution < 1.29 is 19.1 Å². The second-order valence-electron chi connectivity index (χ2n) is 8.68. The van der Waals surface area contributed by atoms with Gasteiger partial charge in [-0.05, 0) is 39.0 Å². The zero-order valence-electron chi connectivity index (χ0n) is 20.0. The van der Waals surface area contributed by atoms with Crippen LogP contribution in [0.4, 0.5) is 10.5 Å². The van der Waals surface area contributed by atoms with Gasteiger partial charge in [0.25, 0.3) is 5.91 Å². The smallest absolute Gasteiger partial charge is 0.410 e. The lowest BCUT2D eigenvalue weighted by atomic mass is 10.1. The predicted molar refractivity (Wildman–Crippen MR) is 138 cm³/mol. The van der Waals surface area contributed by atoms with Gasteiger partial charge < -0.3 is 20.3 Å². The molecule has 2 aromatic carbocycles. The van der Waals surface area contributed by atoms with Crippen molar-refractivity contribution >= 4 is 46.1 Å². The Morgan fingerprint density at radius 2 is 1.79 bits per heavy atom. The number of halogens is 1. The van der Waals surface area contributed by atoms with Gasteiger partial charge in [-0.1, -0.05) is 40.2 Å². The number of rotatable bonds is 9. The van der Waals surface area contributed by atoms with E-state index in [2.05, 4.69) is 20.9 Å². The second-order valence-corrected chi connectivity index (χ2v) is 9.53. The van der Waals surface area contributed by atoms with Gasteiger partial charge in [0.15, 0.2) is 6.29 Å². The molecule has 0 radical (unpaired) electrons. The van der Waals surface area contributed by atoms with E-state index < -0.39 is 11.7 Å². The van der Waals surface area contributed by atoms with E-state index in [1.165, 1.54) is 9.80 Å². The fraction of sp³-hybridized carbons (Fsp3) is 0.360. The fourth-order valence-electron chi connectivity index (χ4n) is 3.02. The highest BCUT2D eigenvalue weighted by molar-refractivity contribution is 9.10. The van der Waals surface area contributed by atoms with E-state index in [9.17, 15) is 14.4 Å². The van der Waals surface area contributed by atoms with E-state index in [1.54, 1.807) is 64.4 Å². The number of anilines is 1. The summed E-state index contributed by atoms with van der Waals surface area (Å²) in [6.45, 7) is 6.50. The van der Waals surface area contributed by atoms with Crippen LogP contribution in [-0.2, 0) is 4.74 Å². The molecule has 0 atom stereocenters. The molecule has 0 aliphatic rings. The second kappa shape index (κ2) is 12.3. The number of hydrogen-bond donors (Lipinski definition) is 1. The van der Waals surface area contributed by atoms with Crippen LogP contribution in [-0.4, -0.2) is 73.1 Å². The van der Waals surface area contributed by atoms with Crippen molar-refractivity contribution in [3.8, 4) is 0 Å². The standard InChI is InChI=1S/C25H31BrN4O4/c1-25(2,3)34-24(33)30(13-12-28-16-20-21(26)10-7-11-22(20)27)15-14-29(4)23(32)19-9-6-5-8-18(19)17-31/h5-11,16-17H,12-15,27H2,1-4H3. The van der Waals surface area contributed by atoms with E-state index >= 15 is 0 Å². The highest BCUT2D eigenvalue weighted by Gasteiger charge is 2.23. The van der Waals surface area contributed by atoms with Gasteiger partial charge in [0.2, 0.25) is 0 Å². The summed E-state index contributed by atoms with van der Waals surface area (Å²) < 4.78 is 6.35. The van der Waals surface area contributed by atoms with Gasteiger partial charge in [0.05, 0.1) is 12.1 Å². The number of carbonyl (C=O) groups is 3. The van der Waals surface area contributed by atoms with Crippen LogP contribution >= 0.6 is 15.9 Å². The van der Waals surface area contributed by atoms with Crippen LogP contribution in [0, 0.1) is 0 Å². The largest absolute Gasteiger partial charge is 0.444 e. The van der Waals surface area contributed by atoms with Crippen molar-refractivity contribution in [2.24, 2.45) is 4.99 Å². The summed E-state index contributed by atoms with van der Waals surface area (Å²) in [6.07, 6.45) is 1.83. The highest BCUT2D eigenvalue weighted by atomic mass is 79.9. The molecule has 8 nitrogen and oxygen atoms in total. The van der Waals surface area contributed by atoms with Gasteiger partial charge >= 0.3 is 6.09 Å². The number of nitrogen functional groups attached to an aromatic ring is 1. The molecular formula is C25H31BrN4O4. The first-order chi connectivity index (χ1) is 16.0. The molecule has 0 saturated heterocycles. The number of nitrogens with zero attached hydrogens (tertiary/aromatic N) is 3. The molecule has 9 heteroatoms. The zero-order chi connectivity index (χ0) is 25.3. The minimum absolute atomic E-state index is 0.243. The fourth-order valence-corrected chi connectivity index (χ4v) is 3.50. The Hall–Kier alpha value is -3.20. The Bertz CT molecular complexity index is 1030. The summed E-state index contributed by atoms with van der Waals surface area (Å²) in [4.78, 5) is 44.2. The number of aldehydes is 1. The number of amides is 2. The molecule has 0 aliphatic carbocycles. The van der Waals surface area contributed by atoms with Crippen LogP contribution < -0.4 is 5.73 Å². The number of likely N-dealkylation sites (N-methyl/N-ethyl adjacent to an activating group) is 1. The van der Waals surface area contributed by atoms with Crippen molar-refractivity contribution in [2.75, 3.05) is 39.0 Å². The lowest BCUT2D eigenvalue weighted by Crippen LogP contribution is -2.43. The maximum atomic E-state index is 12.8. The monoisotopic (exact) mass is 530 g/mol. The first kappa shape index (κ1) is 27.0. The molecule has 0 unspecified atom stereocenters. The molecule has 0 saturated carbocycles. The first-order valence-corrected chi connectivity index (χ1v) is 11.6. The third-order valence-electron chi connectivity index (χ3n) is 4.83. The summed E-state index contributed by atoms with van der Waals surface area (Å²) in [5, 5.41) is 0. The van der Waals surface area contributed by atoms with Gasteiger partial charge in [-0.25, -0.2) is 4.79 Å². The predicted octanol–water partition coefficient (Wildman–Crippen LogP) is 4.27. The minimum atomic E-state index is -0.660. The minimum Gasteiger partial charge on any atom is -0.444 e. The Morgan fingerprint density at radius 3 is 2.44 bits per heavy atom. The maximum absolute atomic E-state index is 12.8. The molecule has 2 aromatic rings. The normalized spacial score (nSPS) is 11.3. The van der Waals surface area contributed by atoms with Crippen LogP contribution in [0.15, 0.2) is 51.9 Å². The zero-order valence-corrected chi connectivity index (χ0v) is 21.5. The Balaban J connectivity index is 2.06. The third kappa shape index (κ3) is 7.98. The molecule has 0 aromatic heterocycles. The molecule has 0 spiro atoms. The van der Waals surface area contributed by atoms with Crippen LogP contribution in [0.25, 0.3) is 0 Å². The van der Waals surface area contributed by atoms with Crippen molar-refractivity contribution in [3.05, 3.63) is 63.6 Å². The topological polar surface area (TPSA) is 105 Å². The number of benzene rings is 2. The maximum Gasteiger partial charge on any atom is 0.410 e.